The number of pyridine rings is 1. The Morgan fingerprint density at radius 1 is 0.912 bits per heavy atom. The molecule has 0 saturated carbocycles. The molecule has 1 N–H and O–H groups in total. The van der Waals surface area contributed by atoms with E-state index in [2.05, 4.69) is 69.3 Å². The molecular weight excluding hydrogens is 424 g/mol. The van der Waals surface area contributed by atoms with E-state index in [0.29, 0.717) is 5.95 Å². The van der Waals surface area contributed by atoms with Crippen molar-refractivity contribution in [2.45, 2.75) is 27.3 Å². The lowest BCUT2D eigenvalue weighted by Crippen LogP contribution is -2.43. The molecule has 8 heteroatoms. The Morgan fingerprint density at radius 2 is 1.71 bits per heavy atom. The lowest BCUT2D eigenvalue weighted by molar-refractivity contribution is 0.148. The second-order valence-corrected chi connectivity index (χ2v) is 9.38. The van der Waals surface area contributed by atoms with E-state index in [-0.39, 0.29) is 0 Å². The highest BCUT2D eigenvalue weighted by Gasteiger charge is 2.15. The Bertz CT molecular complexity index is 1320. The molecule has 8 nitrogen and oxygen atoms in total. The van der Waals surface area contributed by atoms with E-state index in [9.17, 15) is 0 Å². The second-order valence-electron chi connectivity index (χ2n) is 9.38. The molecule has 4 aromatic rings. The molecule has 1 aliphatic heterocycles. The number of aromatic nitrogens is 5. The number of anilines is 2. The maximum absolute atomic E-state index is 4.84. The van der Waals surface area contributed by atoms with Crippen LogP contribution in [0.3, 0.4) is 0 Å². The van der Waals surface area contributed by atoms with E-state index < -0.39 is 0 Å². The average Bonchev–Trinajstić information content (AvgIpc) is 3.12. The van der Waals surface area contributed by atoms with E-state index in [4.69, 9.17) is 4.98 Å². The smallest absolute Gasteiger partial charge is 0.228 e. The van der Waals surface area contributed by atoms with Gasteiger partial charge in [0.25, 0.3) is 0 Å². The molecule has 0 radical (unpaired) electrons. The van der Waals surface area contributed by atoms with Gasteiger partial charge in [0.2, 0.25) is 5.95 Å². The molecule has 0 spiro atoms. The monoisotopic (exact) mass is 456 g/mol. The summed E-state index contributed by atoms with van der Waals surface area (Å²) in [5.74, 6) is 1.28. The summed E-state index contributed by atoms with van der Waals surface area (Å²) in [7, 11) is 4.16. The molecule has 3 aromatic heterocycles. The van der Waals surface area contributed by atoms with Gasteiger partial charge >= 0.3 is 0 Å². The molecule has 0 atom stereocenters. The standard InChI is InChI=1S/C26H32N8/c1-17-12-21(13-22-19(3)33(5)31-25(17)22)24-18(2)14-28-26(30-24)29-23-7-6-20(15-27-23)16-34-10-8-32(4)9-11-34/h6-7,12-15H,8-11,16H2,1-5H3,(H,27,28,29,30). The van der Waals surface area contributed by atoms with Crippen molar-refractivity contribution in [3.63, 3.8) is 0 Å². The van der Waals surface area contributed by atoms with Gasteiger partial charge in [-0.1, -0.05) is 6.07 Å². The van der Waals surface area contributed by atoms with Crippen LogP contribution in [0.15, 0.2) is 36.7 Å². The minimum absolute atomic E-state index is 0.542. The van der Waals surface area contributed by atoms with Gasteiger partial charge in [-0.2, -0.15) is 5.10 Å². The zero-order valence-corrected chi connectivity index (χ0v) is 20.6. The molecule has 1 saturated heterocycles. The SMILES string of the molecule is Cc1cnc(Nc2ccc(CN3CCN(C)CC3)cn2)nc1-c1cc(C)c2nn(C)c(C)c2c1. The van der Waals surface area contributed by atoms with Gasteiger partial charge in [-0.05, 0) is 62.7 Å². The topological polar surface area (TPSA) is 75.0 Å². The first kappa shape index (κ1) is 22.4. The van der Waals surface area contributed by atoms with E-state index in [0.717, 1.165) is 77.5 Å². The van der Waals surface area contributed by atoms with E-state index >= 15 is 0 Å². The second kappa shape index (κ2) is 9.12. The van der Waals surface area contributed by atoms with Crippen LogP contribution in [0, 0.1) is 20.8 Å². The molecule has 4 heterocycles. The molecule has 176 valence electrons. The Kier molecular flexibility index (Phi) is 6.02. The van der Waals surface area contributed by atoms with Gasteiger partial charge < -0.3 is 10.2 Å². The summed E-state index contributed by atoms with van der Waals surface area (Å²) in [5, 5.41) is 9.08. The fraction of sp³-hybridized carbons (Fsp3) is 0.385. The van der Waals surface area contributed by atoms with Crippen LogP contribution in [-0.4, -0.2) is 67.8 Å². The lowest BCUT2D eigenvalue weighted by atomic mass is 10.0. The predicted molar refractivity (Wildman–Crippen MR) is 136 cm³/mol. The summed E-state index contributed by atoms with van der Waals surface area (Å²) >= 11 is 0. The maximum Gasteiger partial charge on any atom is 0.228 e. The van der Waals surface area contributed by atoms with Crippen LogP contribution in [0.2, 0.25) is 0 Å². The maximum atomic E-state index is 4.84. The van der Waals surface area contributed by atoms with Crippen LogP contribution in [0.25, 0.3) is 22.2 Å². The minimum atomic E-state index is 0.542. The van der Waals surface area contributed by atoms with Crippen LogP contribution in [-0.2, 0) is 13.6 Å². The van der Waals surface area contributed by atoms with Crippen molar-refractivity contribution in [1.29, 1.82) is 0 Å². The Labute approximate surface area is 200 Å². The highest BCUT2D eigenvalue weighted by molar-refractivity contribution is 5.89. The number of piperazine rings is 1. The van der Waals surface area contributed by atoms with Crippen LogP contribution in [0.4, 0.5) is 11.8 Å². The first-order valence-electron chi connectivity index (χ1n) is 11.8. The Hall–Kier alpha value is -3.36. The molecule has 0 bridgehead atoms. The molecular formula is C26H32N8. The third-order valence-corrected chi connectivity index (χ3v) is 6.74. The summed E-state index contributed by atoms with van der Waals surface area (Å²) in [5.41, 5.74) is 7.55. The first-order valence-corrected chi connectivity index (χ1v) is 11.8. The first-order chi connectivity index (χ1) is 16.4. The third kappa shape index (κ3) is 4.51. The highest BCUT2D eigenvalue weighted by Crippen LogP contribution is 2.30. The lowest BCUT2D eigenvalue weighted by Gasteiger charge is -2.32. The van der Waals surface area contributed by atoms with Crippen molar-refractivity contribution in [2.75, 3.05) is 38.5 Å². The Balaban J connectivity index is 1.35. The molecule has 0 amide bonds. The quantitative estimate of drug-likeness (QED) is 0.489. The van der Waals surface area contributed by atoms with Gasteiger partial charge in [0.05, 0.1) is 11.2 Å². The van der Waals surface area contributed by atoms with E-state index in [1.54, 1.807) is 0 Å². The summed E-state index contributed by atoms with van der Waals surface area (Å²) in [6, 6.07) is 8.46. The van der Waals surface area contributed by atoms with Crippen molar-refractivity contribution < 1.29 is 0 Å². The molecule has 34 heavy (non-hydrogen) atoms. The van der Waals surface area contributed by atoms with E-state index in [1.165, 1.54) is 5.56 Å². The largest absolute Gasteiger partial charge is 0.309 e. The molecule has 1 fully saturated rings. The summed E-state index contributed by atoms with van der Waals surface area (Å²) in [4.78, 5) is 18.8. The number of rotatable bonds is 5. The number of aryl methyl sites for hydroxylation is 4. The normalized spacial score (nSPS) is 15.2. The summed E-state index contributed by atoms with van der Waals surface area (Å²) in [6.07, 6.45) is 3.81. The zero-order chi connectivity index (χ0) is 23.8. The Morgan fingerprint density at radius 3 is 2.44 bits per heavy atom. The molecule has 0 unspecified atom stereocenters. The van der Waals surface area contributed by atoms with Crippen molar-refractivity contribution in [2.24, 2.45) is 7.05 Å². The van der Waals surface area contributed by atoms with Gasteiger partial charge in [0, 0.05) is 68.8 Å². The fourth-order valence-electron chi connectivity index (χ4n) is 4.49. The summed E-state index contributed by atoms with van der Waals surface area (Å²) < 4.78 is 1.93. The minimum Gasteiger partial charge on any atom is -0.309 e. The number of benzene rings is 1. The number of hydrogen-bond donors (Lipinski definition) is 1. The fourth-order valence-corrected chi connectivity index (χ4v) is 4.49. The van der Waals surface area contributed by atoms with Crippen LogP contribution in [0.5, 0.6) is 0 Å². The van der Waals surface area contributed by atoms with Crippen LogP contribution < -0.4 is 5.32 Å². The van der Waals surface area contributed by atoms with Crippen molar-refractivity contribution in [3.8, 4) is 11.3 Å². The van der Waals surface area contributed by atoms with Crippen molar-refractivity contribution in [3.05, 3.63) is 59.0 Å². The van der Waals surface area contributed by atoms with Gasteiger partial charge in [-0.25, -0.2) is 15.0 Å². The van der Waals surface area contributed by atoms with Gasteiger partial charge in [-0.15, -0.1) is 0 Å². The van der Waals surface area contributed by atoms with Crippen LogP contribution >= 0.6 is 0 Å². The molecule has 0 aliphatic carbocycles. The number of nitrogens with zero attached hydrogens (tertiary/aromatic N) is 7. The number of fused-ring (bicyclic) bond motifs is 1. The third-order valence-electron chi connectivity index (χ3n) is 6.74. The molecule has 1 aliphatic rings. The molecule has 5 rings (SSSR count). The van der Waals surface area contributed by atoms with Crippen molar-refractivity contribution in [1.82, 2.24) is 34.5 Å². The number of hydrogen-bond acceptors (Lipinski definition) is 7. The highest BCUT2D eigenvalue weighted by atomic mass is 15.3. The molecule has 1 aromatic carbocycles. The number of likely N-dealkylation sites (N-methyl/N-ethyl adjacent to an activating group) is 1. The van der Waals surface area contributed by atoms with Crippen molar-refractivity contribution >= 4 is 22.7 Å². The van der Waals surface area contributed by atoms with Gasteiger partial charge in [-0.3, -0.25) is 9.58 Å². The van der Waals surface area contributed by atoms with Crippen LogP contribution in [0.1, 0.15) is 22.4 Å². The van der Waals surface area contributed by atoms with E-state index in [1.807, 2.05) is 37.1 Å². The van der Waals surface area contributed by atoms with Gasteiger partial charge in [0.15, 0.2) is 0 Å². The zero-order valence-electron chi connectivity index (χ0n) is 20.6. The number of nitrogens with one attached hydrogen (secondary N) is 1. The predicted octanol–water partition coefficient (Wildman–Crippen LogP) is 3.84. The summed E-state index contributed by atoms with van der Waals surface area (Å²) in [6.45, 7) is 11.6. The average molecular weight is 457 g/mol. The van der Waals surface area contributed by atoms with Gasteiger partial charge in [0.1, 0.15) is 5.82 Å².